The second-order valence-electron chi connectivity index (χ2n) is 5.77. The summed E-state index contributed by atoms with van der Waals surface area (Å²) in [7, 11) is 0. The Hall–Kier alpha value is -1.81. The van der Waals surface area contributed by atoms with Gasteiger partial charge in [-0.15, -0.1) is 0 Å². The van der Waals surface area contributed by atoms with E-state index in [0.717, 1.165) is 43.7 Å². The van der Waals surface area contributed by atoms with E-state index in [0.29, 0.717) is 12.1 Å². The van der Waals surface area contributed by atoms with E-state index >= 15 is 0 Å². The van der Waals surface area contributed by atoms with Crippen molar-refractivity contribution in [1.82, 2.24) is 4.90 Å². The maximum Gasteiger partial charge on any atom is 0.224 e. The molecule has 4 heteroatoms. The number of hydrogen-bond acceptors (Lipinski definition) is 3. The second-order valence-corrected chi connectivity index (χ2v) is 5.77. The van der Waals surface area contributed by atoms with Gasteiger partial charge in [0.1, 0.15) is 0 Å². The third-order valence-corrected chi connectivity index (χ3v) is 4.05. The van der Waals surface area contributed by atoms with Gasteiger partial charge >= 0.3 is 0 Å². The van der Waals surface area contributed by atoms with Crippen LogP contribution in [0.1, 0.15) is 31.7 Å². The lowest BCUT2D eigenvalue weighted by atomic mass is 10.1. The zero-order valence-electron chi connectivity index (χ0n) is 13.0. The molecule has 0 saturated carbocycles. The number of anilines is 2. The molecule has 0 fully saturated rings. The van der Waals surface area contributed by atoms with Crippen molar-refractivity contribution < 1.29 is 4.79 Å². The Balaban J connectivity index is 1.74. The van der Waals surface area contributed by atoms with Gasteiger partial charge in [-0.1, -0.05) is 17.7 Å². The van der Waals surface area contributed by atoms with E-state index in [-0.39, 0.29) is 5.91 Å². The van der Waals surface area contributed by atoms with Gasteiger partial charge in [0.15, 0.2) is 0 Å². The summed E-state index contributed by atoms with van der Waals surface area (Å²) < 4.78 is 0. The fourth-order valence-electron chi connectivity index (χ4n) is 2.48. The molecule has 1 amide bonds. The quantitative estimate of drug-likeness (QED) is 0.646. The molecule has 1 aromatic carbocycles. The highest BCUT2D eigenvalue weighted by Gasteiger charge is 2.10. The number of carbonyl (C=O) groups excluding carboxylic acids is 1. The molecule has 1 aromatic rings. The van der Waals surface area contributed by atoms with E-state index in [2.05, 4.69) is 23.2 Å². The predicted octanol–water partition coefficient (Wildman–Crippen LogP) is 2.95. The first-order chi connectivity index (χ1) is 10.1. The molecule has 3 N–H and O–H groups in total. The average Bonchev–Trinajstić information content (AvgIpc) is 2.46. The highest BCUT2D eigenvalue weighted by molar-refractivity contribution is 5.92. The first-order valence-electron chi connectivity index (χ1n) is 7.59. The lowest BCUT2D eigenvalue weighted by molar-refractivity contribution is -0.116. The van der Waals surface area contributed by atoms with Gasteiger partial charge in [-0.05, 0) is 50.9 Å². The van der Waals surface area contributed by atoms with E-state index in [1.807, 2.05) is 25.1 Å². The number of rotatable bonds is 5. The Kier molecular flexibility index (Phi) is 5.39. The fraction of sp³-hybridized carbons (Fsp3) is 0.471. The van der Waals surface area contributed by atoms with E-state index in [1.54, 1.807) is 0 Å². The van der Waals surface area contributed by atoms with Gasteiger partial charge in [0.2, 0.25) is 5.91 Å². The molecule has 2 rings (SSSR count). The van der Waals surface area contributed by atoms with Crippen LogP contribution in [0.25, 0.3) is 0 Å². The maximum atomic E-state index is 12.0. The summed E-state index contributed by atoms with van der Waals surface area (Å²) >= 11 is 0. The smallest absolute Gasteiger partial charge is 0.224 e. The molecule has 0 aromatic heterocycles. The van der Waals surface area contributed by atoms with Crippen LogP contribution in [-0.4, -0.2) is 30.4 Å². The van der Waals surface area contributed by atoms with Gasteiger partial charge < -0.3 is 11.1 Å². The standard InChI is InChI=1S/C17H25N3O/c1-13-8-11-20(12-9-13)10-4-7-17(21)19-16-6-3-5-15(18)14(16)2/h3,5-6,8H,4,7,9-12,18H2,1-2H3,(H,19,21). The number of carbonyl (C=O) groups is 1. The average molecular weight is 287 g/mol. The zero-order valence-corrected chi connectivity index (χ0v) is 13.0. The van der Waals surface area contributed by atoms with Crippen LogP contribution in [0.3, 0.4) is 0 Å². The summed E-state index contributed by atoms with van der Waals surface area (Å²) in [6.07, 6.45) is 4.86. The van der Waals surface area contributed by atoms with Crippen molar-refractivity contribution in [2.75, 3.05) is 30.7 Å². The van der Waals surface area contributed by atoms with Crippen molar-refractivity contribution in [2.24, 2.45) is 0 Å². The highest BCUT2D eigenvalue weighted by atomic mass is 16.1. The van der Waals surface area contributed by atoms with E-state index in [4.69, 9.17) is 5.73 Å². The normalized spacial score (nSPS) is 15.6. The monoisotopic (exact) mass is 287 g/mol. The molecule has 1 aliphatic rings. The van der Waals surface area contributed by atoms with Crippen LogP contribution in [-0.2, 0) is 4.79 Å². The molecule has 114 valence electrons. The molecule has 21 heavy (non-hydrogen) atoms. The Labute approximate surface area is 127 Å². The molecule has 0 bridgehead atoms. The summed E-state index contributed by atoms with van der Waals surface area (Å²) in [5.74, 6) is 0.0624. The van der Waals surface area contributed by atoms with Crippen LogP contribution >= 0.6 is 0 Å². The molecule has 0 spiro atoms. The summed E-state index contributed by atoms with van der Waals surface area (Å²) in [5, 5.41) is 2.95. The van der Waals surface area contributed by atoms with Gasteiger partial charge in [-0.3, -0.25) is 9.69 Å². The topological polar surface area (TPSA) is 58.4 Å². The lowest BCUT2D eigenvalue weighted by Crippen LogP contribution is -2.30. The van der Waals surface area contributed by atoms with Crippen LogP contribution in [0.4, 0.5) is 11.4 Å². The molecule has 4 nitrogen and oxygen atoms in total. The molecule has 1 aliphatic heterocycles. The summed E-state index contributed by atoms with van der Waals surface area (Å²) in [6.45, 7) is 7.21. The molecular weight excluding hydrogens is 262 g/mol. The number of nitrogens with zero attached hydrogens (tertiary/aromatic N) is 1. The van der Waals surface area contributed by atoms with Gasteiger partial charge in [-0.2, -0.15) is 0 Å². The Bertz CT molecular complexity index is 537. The van der Waals surface area contributed by atoms with Gasteiger partial charge in [0.25, 0.3) is 0 Å². The summed E-state index contributed by atoms with van der Waals surface area (Å²) in [4.78, 5) is 14.4. The minimum Gasteiger partial charge on any atom is -0.398 e. The summed E-state index contributed by atoms with van der Waals surface area (Å²) in [5.41, 5.74) is 9.78. The molecule has 0 saturated heterocycles. The van der Waals surface area contributed by atoms with Gasteiger partial charge in [-0.25, -0.2) is 0 Å². The van der Waals surface area contributed by atoms with Crippen molar-refractivity contribution in [1.29, 1.82) is 0 Å². The number of amides is 1. The minimum absolute atomic E-state index is 0.0624. The third kappa shape index (κ3) is 4.60. The van der Waals surface area contributed by atoms with Crippen LogP contribution in [0.2, 0.25) is 0 Å². The first kappa shape index (κ1) is 15.6. The number of nitrogens with one attached hydrogen (secondary N) is 1. The Morgan fingerprint density at radius 1 is 1.38 bits per heavy atom. The van der Waals surface area contributed by atoms with Crippen LogP contribution in [0, 0.1) is 6.92 Å². The first-order valence-corrected chi connectivity index (χ1v) is 7.59. The SMILES string of the molecule is CC1=CCN(CCCC(=O)Nc2cccc(N)c2C)CC1. The molecule has 0 aliphatic carbocycles. The molecule has 0 atom stereocenters. The molecule has 0 unspecified atom stereocenters. The minimum atomic E-state index is 0.0624. The second kappa shape index (κ2) is 7.27. The number of nitrogens with two attached hydrogens (primary N) is 1. The van der Waals surface area contributed by atoms with Crippen molar-refractivity contribution in [3.05, 3.63) is 35.4 Å². The van der Waals surface area contributed by atoms with Crippen molar-refractivity contribution >= 4 is 17.3 Å². The Morgan fingerprint density at radius 3 is 2.90 bits per heavy atom. The zero-order chi connectivity index (χ0) is 15.2. The fourth-order valence-corrected chi connectivity index (χ4v) is 2.48. The van der Waals surface area contributed by atoms with Crippen molar-refractivity contribution in [3.8, 4) is 0 Å². The van der Waals surface area contributed by atoms with E-state index < -0.39 is 0 Å². The largest absolute Gasteiger partial charge is 0.398 e. The molecular formula is C17H25N3O. The number of nitrogen functional groups attached to an aromatic ring is 1. The Morgan fingerprint density at radius 2 is 2.19 bits per heavy atom. The van der Waals surface area contributed by atoms with E-state index in [1.165, 1.54) is 5.57 Å². The highest BCUT2D eigenvalue weighted by Crippen LogP contribution is 2.20. The predicted molar refractivity (Wildman–Crippen MR) is 88.3 cm³/mol. The van der Waals surface area contributed by atoms with Crippen LogP contribution in [0.15, 0.2) is 29.8 Å². The van der Waals surface area contributed by atoms with Crippen LogP contribution < -0.4 is 11.1 Å². The molecule has 0 radical (unpaired) electrons. The third-order valence-electron chi connectivity index (χ3n) is 4.05. The lowest BCUT2D eigenvalue weighted by Gasteiger charge is -2.24. The van der Waals surface area contributed by atoms with Gasteiger partial charge in [0.05, 0.1) is 0 Å². The molecule has 1 heterocycles. The number of hydrogen-bond donors (Lipinski definition) is 2. The van der Waals surface area contributed by atoms with Gasteiger partial charge in [0, 0.05) is 30.9 Å². The van der Waals surface area contributed by atoms with E-state index in [9.17, 15) is 4.79 Å². The van der Waals surface area contributed by atoms with Crippen LogP contribution in [0.5, 0.6) is 0 Å². The van der Waals surface area contributed by atoms with Crippen molar-refractivity contribution in [3.63, 3.8) is 0 Å². The van der Waals surface area contributed by atoms with Crippen molar-refractivity contribution in [2.45, 2.75) is 33.1 Å². The maximum absolute atomic E-state index is 12.0. The summed E-state index contributed by atoms with van der Waals surface area (Å²) in [6, 6.07) is 5.60. The number of benzene rings is 1.